The quantitative estimate of drug-likeness (QED) is 0.0845. The van der Waals surface area contributed by atoms with Gasteiger partial charge in [-0.05, 0) is 121 Å². The molecule has 0 bridgehead atoms. The summed E-state index contributed by atoms with van der Waals surface area (Å²) in [6, 6.07) is 19.4. The Morgan fingerprint density at radius 3 is 1.72 bits per heavy atom. The van der Waals surface area contributed by atoms with Gasteiger partial charge in [0.1, 0.15) is 11.2 Å². The molecule has 2 aliphatic rings. The van der Waals surface area contributed by atoms with Crippen molar-refractivity contribution >= 4 is 40.0 Å². The summed E-state index contributed by atoms with van der Waals surface area (Å²) in [5.41, 5.74) is 1.98. The van der Waals surface area contributed by atoms with Crippen LogP contribution in [0.15, 0.2) is 70.3 Å². The van der Waals surface area contributed by atoms with Crippen molar-refractivity contribution in [3.63, 3.8) is 0 Å². The number of nitrogens with one attached hydrogen (secondary N) is 1. The van der Waals surface area contributed by atoms with Gasteiger partial charge < -0.3 is 29.0 Å². The standard InChI is InChI=1S/C30H44N2O5.C19H24N2O3/c1-5-6-7-8-9-10-11-16-27(33)36-22-32-26-15-13-12-14-24(26)21-25(28(32)34)23-17-19-31(20-18-23)29(35)37-30(2,3)4;1-19(2,3)24-18(23)21-10-8-13(9-11-21)15-12-14-6-4-5-7-16(14)20-17(15)22/h12-15,21,23H,5-11,16-20,22H2,1-4H3;4-7,12-13H,8-11H2,1-3H3,(H,20,22). The molecule has 2 aromatic carbocycles. The minimum atomic E-state index is -0.536. The van der Waals surface area contributed by atoms with Gasteiger partial charge in [0.25, 0.3) is 11.1 Å². The molecule has 4 aromatic rings. The first-order valence-corrected chi connectivity index (χ1v) is 22.4. The van der Waals surface area contributed by atoms with E-state index in [0.29, 0.717) is 51.0 Å². The van der Waals surface area contributed by atoms with E-state index in [-0.39, 0.29) is 47.8 Å². The molecule has 2 amide bonds. The fourth-order valence-electron chi connectivity index (χ4n) is 8.07. The molecule has 0 saturated carbocycles. The van der Waals surface area contributed by atoms with Crippen LogP contribution in [0.3, 0.4) is 0 Å². The van der Waals surface area contributed by atoms with E-state index in [9.17, 15) is 24.0 Å². The number of carbonyl (C=O) groups is 3. The summed E-state index contributed by atoms with van der Waals surface area (Å²) in [5.74, 6) is -0.0527. The van der Waals surface area contributed by atoms with Gasteiger partial charge >= 0.3 is 18.2 Å². The fraction of sp³-hybridized carbons (Fsp3) is 0.571. The highest BCUT2D eigenvalue weighted by molar-refractivity contribution is 5.80. The summed E-state index contributed by atoms with van der Waals surface area (Å²) in [4.78, 5) is 69.3. The van der Waals surface area contributed by atoms with E-state index in [1.54, 1.807) is 14.4 Å². The van der Waals surface area contributed by atoms with Crippen LogP contribution in [0, 0.1) is 0 Å². The molecule has 61 heavy (non-hydrogen) atoms. The second-order valence-electron chi connectivity index (χ2n) is 18.5. The second-order valence-corrected chi connectivity index (χ2v) is 18.5. The van der Waals surface area contributed by atoms with Gasteiger partial charge in [0.15, 0.2) is 6.73 Å². The van der Waals surface area contributed by atoms with Crippen LogP contribution in [0.1, 0.15) is 148 Å². The minimum Gasteiger partial charge on any atom is -0.444 e. The number of pyridine rings is 2. The summed E-state index contributed by atoms with van der Waals surface area (Å²) in [7, 11) is 0. The van der Waals surface area contributed by atoms with Crippen LogP contribution in [0.2, 0.25) is 0 Å². The molecule has 0 unspecified atom stereocenters. The Morgan fingerprint density at radius 2 is 1.15 bits per heavy atom. The molecule has 6 rings (SSSR count). The number of aromatic nitrogens is 2. The Morgan fingerprint density at radius 1 is 0.656 bits per heavy atom. The lowest BCUT2D eigenvalue weighted by Gasteiger charge is -2.33. The second kappa shape index (κ2) is 21.6. The number of amides is 2. The number of hydrogen-bond acceptors (Lipinski definition) is 8. The molecule has 2 saturated heterocycles. The van der Waals surface area contributed by atoms with E-state index in [1.165, 1.54) is 25.7 Å². The highest BCUT2D eigenvalue weighted by Crippen LogP contribution is 2.30. The van der Waals surface area contributed by atoms with Crippen molar-refractivity contribution in [3.8, 4) is 0 Å². The summed E-state index contributed by atoms with van der Waals surface area (Å²) < 4.78 is 18.1. The normalized spacial score (nSPS) is 15.3. The van der Waals surface area contributed by atoms with Crippen LogP contribution >= 0.6 is 0 Å². The predicted molar refractivity (Wildman–Crippen MR) is 241 cm³/mol. The first-order valence-electron chi connectivity index (χ1n) is 22.4. The minimum absolute atomic E-state index is 0.0237. The van der Waals surface area contributed by atoms with Crippen molar-refractivity contribution in [1.29, 1.82) is 0 Å². The van der Waals surface area contributed by atoms with Gasteiger partial charge in [-0.15, -0.1) is 0 Å². The van der Waals surface area contributed by atoms with Gasteiger partial charge in [0.05, 0.1) is 5.52 Å². The van der Waals surface area contributed by atoms with Crippen molar-refractivity contribution in [1.82, 2.24) is 19.4 Å². The van der Waals surface area contributed by atoms with Crippen molar-refractivity contribution in [2.75, 3.05) is 26.2 Å². The maximum Gasteiger partial charge on any atom is 0.410 e. The van der Waals surface area contributed by atoms with Crippen LogP contribution in [0.25, 0.3) is 21.8 Å². The number of carbonyl (C=O) groups excluding carboxylic acids is 3. The third-order valence-electron chi connectivity index (χ3n) is 11.3. The lowest BCUT2D eigenvalue weighted by molar-refractivity contribution is -0.147. The first-order chi connectivity index (χ1) is 29.0. The van der Waals surface area contributed by atoms with Crippen molar-refractivity contribution in [3.05, 3.63) is 92.5 Å². The number of unbranched alkanes of at least 4 members (excludes halogenated alkanes) is 6. The molecule has 2 aromatic heterocycles. The molecule has 12 heteroatoms. The first kappa shape index (κ1) is 46.9. The van der Waals surface area contributed by atoms with Gasteiger partial charge in [0.2, 0.25) is 0 Å². The lowest BCUT2D eigenvalue weighted by atomic mass is 9.89. The van der Waals surface area contributed by atoms with Gasteiger partial charge in [0, 0.05) is 49.2 Å². The van der Waals surface area contributed by atoms with Crippen molar-refractivity contribution < 1.29 is 28.6 Å². The van der Waals surface area contributed by atoms with Crippen LogP contribution in [0.4, 0.5) is 9.59 Å². The fourth-order valence-corrected chi connectivity index (χ4v) is 8.07. The van der Waals surface area contributed by atoms with E-state index in [4.69, 9.17) is 14.2 Å². The predicted octanol–water partition coefficient (Wildman–Crippen LogP) is 10.4. The van der Waals surface area contributed by atoms with E-state index >= 15 is 0 Å². The highest BCUT2D eigenvalue weighted by atomic mass is 16.6. The average molecular weight is 841 g/mol. The third kappa shape index (κ3) is 13.9. The number of para-hydroxylation sites is 2. The van der Waals surface area contributed by atoms with Crippen molar-refractivity contribution in [2.45, 2.75) is 155 Å². The molecule has 1 N–H and O–H groups in total. The topological polar surface area (TPSA) is 140 Å². The summed E-state index contributed by atoms with van der Waals surface area (Å²) in [5, 5.41) is 1.98. The number of benzene rings is 2. The number of rotatable bonds is 12. The Kier molecular flexibility index (Phi) is 16.6. The number of piperidine rings is 2. The largest absolute Gasteiger partial charge is 0.444 e. The molecule has 0 radical (unpaired) electrons. The van der Waals surface area contributed by atoms with Gasteiger partial charge in [-0.3, -0.25) is 19.0 Å². The van der Waals surface area contributed by atoms with Crippen LogP contribution in [-0.2, 0) is 25.7 Å². The molecule has 332 valence electrons. The van der Waals surface area contributed by atoms with E-state index in [1.807, 2.05) is 102 Å². The maximum absolute atomic E-state index is 13.5. The molecular formula is C49H68N4O8. The van der Waals surface area contributed by atoms with Crippen LogP contribution in [0.5, 0.6) is 0 Å². The molecule has 0 aliphatic carbocycles. The van der Waals surface area contributed by atoms with Crippen LogP contribution < -0.4 is 11.1 Å². The zero-order valence-corrected chi connectivity index (χ0v) is 37.6. The molecule has 0 atom stereocenters. The molecule has 4 heterocycles. The van der Waals surface area contributed by atoms with Gasteiger partial charge in [-0.2, -0.15) is 0 Å². The van der Waals surface area contributed by atoms with Crippen LogP contribution in [-0.4, -0.2) is 74.9 Å². The van der Waals surface area contributed by atoms with Gasteiger partial charge in [-0.25, -0.2) is 9.59 Å². The highest BCUT2D eigenvalue weighted by Gasteiger charge is 2.30. The number of likely N-dealkylation sites (tertiary alicyclic amines) is 2. The van der Waals surface area contributed by atoms with Gasteiger partial charge in [-0.1, -0.05) is 81.8 Å². The smallest absolute Gasteiger partial charge is 0.410 e. The lowest BCUT2D eigenvalue weighted by Crippen LogP contribution is -2.42. The third-order valence-corrected chi connectivity index (χ3v) is 11.3. The molecule has 2 aliphatic heterocycles. The number of nitrogens with zero attached hydrogens (tertiary/aromatic N) is 3. The summed E-state index contributed by atoms with van der Waals surface area (Å²) in [6.45, 7) is 15.6. The SMILES string of the molecule is CC(C)(C)OC(=O)N1CCC(c2cc3ccccc3[nH]c2=O)CC1.CCCCCCCCCC(=O)OCn1c(=O)c(C2CCN(C(=O)OC(C)(C)C)CC2)cc2ccccc21. The number of aromatic amines is 1. The average Bonchev–Trinajstić information content (AvgIpc) is 3.21. The monoisotopic (exact) mass is 841 g/mol. The Labute approximate surface area is 360 Å². The number of H-pyrrole nitrogens is 1. The Bertz CT molecular complexity index is 2200. The molecular weight excluding hydrogens is 773 g/mol. The van der Waals surface area contributed by atoms with Crippen molar-refractivity contribution in [2.24, 2.45) is 0 Å². The molecule has 12 nitrogen and oxygen atoms in total. The number of fused-ring (bicyclic) bond motifs is 2. The van der Waals surface area contributed by atoms with E-state index in [0.717, 1.165) is 59.5 Å². The Hall–Kier alpha value is -5.13. The summed E-state index contributed by atoms with van der Waals surface area (Å²) in [6.07, 6.45) is 10.7. The zero-order chi connectivity index (χ0) is 44.2. The molecule has 0 spiro atoms. The van der Waals surface area contributed by atoms with E-state index in [2.05, 4.69) is 11.9 Å². The Balaban J connectivity index is 0.000000252. The van der Waals surface area contributed by atoms with E-state index < -0.39 is 11.2 Å². The summed E-state index contributed by atoms with van der Waals surface area (Å²) >= 11 is 0. The zero-order valence-electron chi connectivity index (χ0n) is 37.6. The molecule has 2 fully saturated rings. The number of ether oxygens (including phenoxy) is 3. The number of hydrogen-bond donors (Lipinski definition) is 1. The number of esters is 1. The maximum atomic E-state index is 13.5.